The summed E-state index contributed by atoms with van der Waals surface area (Å²) in [5.74, 6) is -0.235. The van der Waals surface area contributed by atoms with Gasteiger partial charge in [-0.2, -0.15) is 0 Å². The molecule has 1 aromatic carbocycles. The molecule has 0 bridgehead atoms. The molecule has 2 N–H and O–H groups in total. The number of carbonyl (C=O) groups excluding carboxylic acids is 1. The van der Waals surface area contributed by atoms with E-state index in [1.807, 2.05) is 0 Å². The number of halogens is 1. The van der Waals surface area contributed by atoms with Crippen molar-refractivity contribution in [2.45, 2.75) is 6.92 Å². The smallest absolute Gasteiger partial charge is 0.255 e. The van der Waals surface area contributed by atoms with E-state index >= 15 is 0 Å². The quantitative estimate of drug-likeness (QED) is 0.891. The number of carbonyl (C=O) groups is 1. The van der Waals surface area contributed by atoms with E-state index in [1.165, 1.54) is 12.1 Å². The standard InChI is InChI=1S/C14H14FN3O/c1-9-7-10(8-13(16-2)17-9)14(19)18-12-6-4-3-5-11(12)15/h3-8H,1-2H3,(H,16,17)(H,18,19). The minimum atomic E-state index is -0.463. The average molecular weight is 259 g/mol. The van der Waals surface area contributed by atoms with Crippen LogP contribution in [0.2, 0.25) is 0 Å². The lowest BCUT2D eigenvalue weighted by Gasteiger charge is -2.08. The number of para-hydroxylation sites is 1. The third-order valence-corrected chi connectivity index (χ3v) is 2.59. The molecule has 0 saturated heterocycles. The Labute approximate surface area is 110 Å². The highest BCUT2D eigenvalue weighted by molar-refractivity contribution is 6.04. The first-order chi connectivity index (χ1) is 9.10. The minimum Gasteiger partial charge on any atom is -0.373 e. The lowest BCUT2D eigenvalue weighted by Crippen LogP contribution is -2.14. The van der Waals surface area contributed by atoms with Crippen LogP contribution in [0.5, 0.6) is 0 Å². The van der Waals surface area contributed by atoms with Crippen molar-refractivity contribution < 1.29 is 9.18 Å². The van der Waals surface area contributed by atoms with Gasteiger partial charge >= 0.3 is 0 Å². The van der Waals surface area contributed by atoms with Crippen molar-refractivity contribution in [1.82, 2.24) is 4.98 Å². The van der Waals surface area contributed by atoms with E-state index in [1.54, 1.807) is 38.2 Å². The van der Waals surface area contributed by atoms with Gasteiger partial charge in [-0.3, -0.25) is 4.79 Å². The predicted octanol–water partition coefficient (Wildman–Crippen LogP) is 2.82. The second-order valence-electron chi connectivity index (χ2n) is 4.07. The van der Waals surface area contributed by atoms with E-state index in [9.17, 15) is 9.18 Å². The third kappa shape index (κ3) is 3.07. The molecule has 0 fully saturated rings. The van der Waals surface area contributed by atoms with E-state index in [0.29, 0.717) is 17.1 Å². The maximum absolute atomic E-state index is 13.5. The van der Waals surface area contributed by atoms with Crippen molar-refractivity contribution in [3.63, 3.8) is 0 Å². The van der Waals surface area contributed by atoms with Crippen LogP contribution in [0.3, 0.4) is 0 Å². The zero-order valence-electron chi connectivity index (χ0n) is 10.7. The molecule has 0 aliphatic carbocycles. The molecule has 0 aliphatic heterocycles. The summed E-state index contributed by atoms with van der Waals surface area (Å²) in [7, 11) is 1.72. The summed E-state index contributed by atoms with van der Waals surface area (Å²) in [5, 5.41) is 5.41. The molecule has 0 unspecified atom stereocenters. The number of hydrogen-bond acceptors (Lipinski definition) is 3. The molecule has 5 heteroatoms. The van der Waals surface area contributed by atoms with E-state index in [2.05, 4.69) is 15.6 Å². The van der Waals surface area contributed by atoms with Crippen LogP contribution in [0, 0.1) is 12.7 Å². The second-order valence-corrected chi connectivity index (χ2v) is 4.07. The van der Waals surface area contributed by atoms with E-state index in [4.69, 9.17) is 0 Å². The Morgan fingerprint density at radius 1 is 1.26 bits per heavy atom. The molecule has 4 nitrogen and oxygen atoms in total. The topological polar surface area (TPSA) is 54.0 Å². The number of amides is 1. The van der Waals surface area contributed by atoms with Crippen molar-refractivity contribution in [3.8, 4) is 0 Å². The Bertz CT molecular complexity index is 613. The number of aromatic nitrogens is 1. The molecule has 1 aromatic heterocycles. The first kappa shape index (κ1) is 13.0. The molecule has 2 aromatic rings. The van der Waals surface area contributed by atoms with Gasteiger partial charge in [-0.05, 0) is 31.2 Å². The van der Waals surface area contributed by atoms with Gasteiger partial charge in [0.05, 0.1) is 5.69 Å². The number of pyridine rings is 1. The van der Waals surface area contributed by atoms with Gasteiger partial charge < -0.3 is 10.6 Å². The molecule has 0 radical (unpaired) electrons. The SMILES string of the molecule is CNc1cc(C(=O)Nc2ccccc2F)cc(C)n1. The number of benzene rings is 1. The lowest BCUT2D eigenvalue weighted by molar-refractivity contribution is 0.102. The van der Waals surface area contributed by atoms with Crippen molar-refractivity contribution >= 4 is 17.4 Å². The van der Waals surface area contributed by atoms with Crippen molar-refractivity contribution in [2.24, 2.45) is 0 Å². The monoisotopic (exact) mass is 259 g/mol. The van der Waals surface area contributed by atoms with Gasteiger partial charge in [0.2, 0.25) is 0 Å². The van der Waals surface area contributed by atoms with Gasteiger partial charge in [0, 0.05) is 18.3 Å². The van der Waals surface area contributed by atoms with Crippen LogP contribution in [-0.4, -0.2) is 17.9 Å². The Kier molecular flexibility index (Phi) is 3.75. The van der Waals surface area contributed by atoms with E-state index in [-0.39, 0.29) is 11.6 Å². The van der Waals surface area contributed by atoms with Crippen LogP contribution < -0.4 is 10.6 Å². The third-order valence-electron chi connectivity index (χ3n) is 2.59. The van der Waals surface area contributed by atoms with Crippen LogP contribution >= 0.6 is 0 Å². The number of aryl methyl sites for hydroxylation is 1. The highest BCUT2D eigenvalue weighted by Gasteiger charge is 2.10. The van der Waals surface area contributed by atoms with E-state index in [0.717, 1.165) is 0 Å². The summed E-state index contributed by atoms with van der Waals surface area (Å²) in [5.41, 5.74) is 1.30. The van der Waals surface area contributed by atoms with Crippen LogP contribution in [0.25, 0.3) is 0 Å². The number of hydrogen-bond donors (Lipinski definition) is 2. The minimum absolute atomic E-state index is 0.160. The van der Waals surface area contributed by atoms with Crippen molar-refractivity contribution in [3.05, 3.63) is 53.5 Å². The summed E-state index contributed by atoms with van der Waals surface area (Å²) >= 11 is 0. The van der Waals surface area contributed by atoms with Crippen LogP contribution in [0.4, 0.5) is 15.9 Å². The Morgan fingerprint density at radius 3 is 2.68 bits per heavy atom. The molecule has 0 atom stereocenters. The van der Waals surface area contributed by atoms with Crippen LogP contribution in [0.1, 0.15) is 16.1 Å². The summed E-state index contributed by atoms with van der Waals surface area (Å²) in [6.07, 6.45) is 0. The fraction of sp³-hybridized carbons (Fsp3) is 0.143. The molecule has 2 rings (SSSR count). The molecular weight excluding hydrogens is 245 g/mol. The Hall–Kier alpha value is -2.43. The van der Waals surface area contributed by atoms with Gasteiger partial charge in [-0.1, -0.05) is 12.1 Å². The van der Waals surface area contributed by atoms with Crippen LogP contribution in [-0.2, 0) is 0 Å². The molecule has 19 heavy (non-hydrogen) atoms. The number of nitrogens with one attached hydrogen (secondary N) is 2. The van der Waals surface area contributed by atoms with Crippen molar-refractivity contribution in [1.29, 1.82) is 0 Å². The summed E-state index contributed by atoms with van der Waals surface area (Å²) in [6, 6.07) is 9.31. The Balaban J connectivity index is 2.25. The van der Waals surface area contributed by atoms with E-state index < -0.39 is 5.82 Å². The number of nitrogens with zero attached hydrogens (tertiary/aromatic N) is 1. The van der Waals surface area contributed by atoms with Gasteiger partial charge in [0.15, 0.2) is 0 Å². The number of anilines is 2. The average Bonchev–Trinajstić information content (AvgIpc) is 2.40. The summed E-state index contributed by atoms with van der Waals surface area (Å²) in [6.45, 7) is 1.79. The molecule has 0 saturated carbocycles. The highest BCUT2D eigenvalue weighted by atomic mass is 19.1. The van der Waals surface area contributed by atoms with Gasteiger partial charge in [0.1, 0.15) is 11.6 Å². The molecule has 0 spiro atoms. The molecule has 98 valence electrons. The van der Waals surface area contributed by atoms with Gasteiger partial charge in [0.25, 0.3) is 5.91 Å². The maximum atomic E-state index is 13.5. The zero-order chi connectivity index (χ0) is 13.8. The molecule has 1 amide bonds. The lowest BCUT2D eigenvalue weighted by atomic mass is 10.2. The maximum Gasteiger partial charge on any atom is 0.255 e. The van der Waals surface area contributed by atoms with Crippen molar-refractivity contribution in [2.75, 3.05) is 17.7 Å². The highest BCUT2D eigenvalue weighted by Crippen LogP contribution is 2.15. The Morgan fingerprint density at radius 2 is 2.00 bits per heavy atom. The molecule has 0 aliphatic rings. The number of rotatable bonds is 3. The summed E-state index contributed by atoms with van der Waals surface area (Å²) in [4.78, 5) is 16.2. The fourth-order valence-electron chi connectivity index (χ4n) is 1.68. The summed E-state index contributed by atoms with van der Waals surface area (Å²) < 4.78 is 13.5. The van der Waals surface area contributed by atoms with Crippen LogP contribution in [0.15, 0.2) is 36.4 Å². The molecule has 1 heterocycles. The largest absolute Gasteiger partial charge is 0.373 e. The van der Waals surface area contributed by atoms with Gasteiger partial charge in [-0.15, -0.1) is 0 Å². The fourth-order valence-corrected chi connectivity index (χ4v) is 1.68. The second kappa shape index (κ2) is 5.48. The predicted molar refractivity (Wildman–Crippen MR) is 72.9 cm³/mol. The molecular formula is C14H14FN3O. The zero-order valence-corrected chi connectivity index (χ0v) is 10.7. The van der Waals surface area contributed by atoms with Gasteiger partial charge in [-0.25, -0.2) is 9.37 Å². The normalized spacial score (nSPS) is 10.1. The first-order valence-electron chi connectivity index (χ1n) is 5.82. The first-order valence-corrected chi connectivity index (χ1v) is 5.82.